The van der Waals surface area contributed by atoms with Gasteiger partial charge in [0.2, 0.25) is 5.82 Å². The lowest BCUT2D eigenvalue weighted by atomic mass is 10.1. The Morgan fingerprint density at radius 1 is 1.15 bits per heavy atom. The van der Waals surface area contributed by atoms with E-state index >= 15 is 0 Å². The number of hydrogen-bond donors (Lipinski definition) is 1. The minimum absolute atomic E-state index is 0.461. The van der Waals surface area contributed by atoms with E-state index in [0.717, 1.165) is 26.9 Å². The van der Waals surface area contributed by atoms with E-state index in [1.165, 1.54) is 0 Å². The Bertz CT molecular complexity index is 769. The monoisotopic (exact) mass is 330 g/mol. The van der Waals surface area contributed by atoms with E-state index < -0.39 is 0 Å². The van der Waals surface area contributed by atoms with Gasteiger partial charge in [-0.05, 0) is 52.7 Å². The van der Waals surface area contributed by atoms with E-state index in [0.29, 0.717) is 11.7 Å². The van der Waals surface area contributed by atoms with Gasteiger partial charge in [-0.1, -0.05) is 5.16 Å². The van der Waals surface area contributed by atoms with E-state index in [9.17, 15) is 0 Å². The molecule has 0 aliphatic rings. The van der Waals surface area contributed by atoms with Crippen molar-refractivity contribution in [2.45, 2.75) is 6.92 Å². The molecule has 0 bridgehead atoms. The Kier molecular flexibility index (Phi) is 3.23. The number of aryl methyl sites for hydroxylation is 1. The van der Waals surface area contributed by atoms with Gasteiger partial charge in [0.15, 0.2) is 0 Å². The van der Waals surface area contributed by atoms with Crippen LogP contribution in [0.4, 0.5) is 5.69 Å². The molecule has 0 unspecified atom stereocenters. The molecule has 2 heterocycles. The van der Waals surface area contributed by atoms with Crippen LogP contribution in [0, 0.1) is 6.92 Å². The highest BCUT2D eigenvalue weighted by molar-refractivity contribution is 9.10. The Labute approximate surface area is 124 Å². The third-order valence-electron chi connectivity index (χ3n) is 2.91. The van der Waals surface area contributed by atoms with Crippen LogP contribution >= 0.6 is 15.9 Å². The number of nitrogen functional groups attached to an aromatic ring is 1. The molecule has 2 aromatic heterocycles. The van der Waals surface area contributed by atoms with Crippen LogP contribution < -0.4 is 5.73 Å². The molecule has 3 rings (SSSR count). The standard InChI is InChI=1S/C14H11BrN4O/c1-8-4-9(2-3-12(8)16)14-18-13(19-20-14)10-5-11(15)7-17-6-10/h2-7H,16H2,1H3. The summed E-state index contributed by atoms with van der Waals surface area (Å²) in [4.78, 5) is 8.47. The molecule has 0 aliphatic carbocycles. The molecule has 0 amide bonds. The molecule has 2 N–H and O–H groups in total. The maximum Gasteiger partial charge on any atom is 0.258 e. The summed E-state index contributed by atoms with van der Waals surface area (Å²) in [5.74, 6) is 0.964. The normalized spacial score (nSPS) is 10.7. The molecule has 5 nitrogen and oxygen atoms in total. The van der Waals surface area contributed by atoms with Gasteiger partial charge in [-0.15, -0.1) is 0 Å². The molecular weight excluding hydrogens is 320 g/mol. The zero-order valence-electron chi connectivity index (χ0n) is 10.7. The summed E-state index contributed by atoms with van der Waals surface area (Å²) in [6.07, 6.45) is 3.39. The maximum atomic E-state index is 5.80. The topological polar surface area (TPSA) is 77.8 Å². The molecule has 1 aromatic carbocycles. The number of halogens is 1. The van der Waals surface area contributed by atoms with Gasteiger partial charge in [0.1, 0.15) is 0 Å². The summed E-state index contributed by atoms with van der Waals surface area (Å²) >= 11 is 3.37. The van der Waals surface area contributed by atoms with Gasteiger partial charge in [0.25, 0.3) is 5.89 Å². The van der Waals surface area contributed by atoms with E-state index in [1.54, 1.807) is 12.4 Å². The first-order valence-corrected chi connectivity index (χ1v) is 6.74. The molecule has 100 valence electrons. The lowest BCUT2D eigenvalue weighted by Gasteiger charge is -2.00. The average molecular weight is 331 g/mol. The van der Waals surface area contributed by atoms with Crippen molar-refractivity contribution < 1.29 is 4.52 Å². The fourth-order valence-electron chi connectivity index (χ4n) is 1.80. The van der Waals surface area contributed by atoms with Crippen LogP contribution in [0.25, 0.3) is 22.8 Å². The van der Waals surface area contributed by atoms with Gasteiger partial charge in [0, 0.05) is 33.7 Å². The fourth-order valence-corrected chi connectivity index (χ4v) is 2.17. The summed E-state index contributed by atoms with van der Waals surface area (Å²) in [5.41, 5.74) is 9.16. The van der Waals surface area contributed by atoms with Gasteiger partial charge in [0.05, 0.1) is 0 Å². The van der Waals surface area contributed by atoms with Crippen molar-refractivity contribution in [1.82, 2.24) is 15.1 Å². The highest BCUT2D eigenvalue weighted by atomic mass is 79.9. The van der Waals surface area contributed by atoms with E-state index in [2.05, 4.69) is 31.1 Å². The van der Waals surface area contributed by atoms with Crippen molar-refractivity contribution in [2.24, 2.45) is 0 Å². The van der Waals surface area contributed by atoms with E-state index in [-0.39, 0.29) is 0 Å². The molecule has 3 aromatic rings. The second-order valence-corrected chi connectivity index (χ2v) is 5.30. The van der Waals surface area contributed by atoms with Crippen LogP contribution in [-0.2, 0) is 0 Å². The minimum Gasteiger partial charge on any atom is -0.399 e. The molecule has 0 spiro atoms. The molecule has 0 radical (unpaired) electrons. The van der Waals surface area contributed by atoms with Crippen molar-refractivity contribution in [3.8, 4) is 22.8 Å². The Morgan fingerprint density at radius 3 is 2.75 bits per heavy atom. The Balaban J connectivity index is 1.99. The maximum absolute atomic E-state index is 5.80. The van der Waals surface area contributed by atoms with Gasteiger partial charge in [-0.3, -0.25) is 4.98 Å². The fraction of sp³-hybridized carbons (Fsp3) is 0.0714. The second kappa shape index (κ2) is 5.05. The number of pyridine rings is 1. The zero-order chi connectivity index (χ0) is 14.1. The summed E-state index contributed by atoms with van der Waals surface area (Å²) < 4.78 is 6.16. The third kappa shape index (κ3) is 2.42. The highest BCUT2D eigenvalue weighted by Crippen LogP contribution is 2.25. The number of anilines is 1. The molecule has 20 heavy (non-hydrogen) atoms. The van der Waals surface area contributed by atoms with Crippen molar-refractivity contribution in [1.29, 1.82) is 0 Å². The Hall–Kier alpha value is -2.21. The molecule has 0 atom stereocenters. The van der Waals surface area contributed by atoms with E-state index in [1.807, 2.05) is 31.2 Å². The van der Waals surface area contributed by atoms with Gasteiger partial charge >= 0.3 is 0 Å². The minimum atomic E-state index is 0.461. The summed E-state index contributed by atoms with van der Waals surface area (Å²) in [6, 6.07) is 7.50. The quantitative estimate of drug-likeness (QED) is 0.728. The van der Waals surface area contributed by atoms with Gasteiger partial charge in [-0.2, -0.15) is 4.98 Å². The summed E-state index contributed by atoms with van der Waals surface area (Å²) in [5, 5.41) is 3.98. The zero-order valence-corrected chi connectivity index (χ0v) is 12.3. The molecule has 0 fully saturated rings. The summed E-state index contributed by atoms with van der Waals surface area (Å²) in [7, 11) is 0. The first kappa shape index (κ1) is 12.8. The number of hydrogen-bond acceptors (Lipinski definition) is 5. The van der Waals surface area contributed by atoms with Crippen molar-refractivity contribution >= 4 is 21.6 Å². The smallest absolute Gasteiger partial charge is 0.258 e. The summed E-state index contributed by atoms with van der Waals surface area (Å²) in [6.45, 7) is 1.94. The number of rotatable bonds is 2. The van der Waals surface area contributed by atoms with Crippen LogP contribution in [0.15, 0.2) is 45.7 Å². The lowest BCUT2D eigenvalue weighted by Crippen LogP contribution is -1.89. The van der Waals surface area contributed by atoms with Gasteiger partial charge < -0.3 is 10.3 Å². The number of aromatic nitrogens is 3. The van der Waals surface area contributed by atoms with Crippen molar-refractivity contribution in [3.05, 3.63) is 46.7 Å². The second-order valence-electron chi connectivity index (χ2n) is 4.39. The number of nitrogens with two attached hydrogens (primary N) is 1. The van der Waals surface area contributed by atoms with E-state index in [4.69, 9.17) is 10.3 Å². The van der Waals surface area contributed by atoms with Crippen LogP contribution in [0.1, 0.15) is 5.56 Å². The van der Waals surface area contributed by atoms with Crippen LogP contribution in [0.5, 0.6) is 0 Å². The molecule has 0 aliphatic heterocycles. The number of nitrogens with zero attached hydrogens (tertiary/aromatic N) is 3. The van der Waals surface area contributed by atoms with Crippen LogP contribution in [-0.4, -0.2) is 15.1 Å². The van der Waals surface area contributed by atoms with Crippen molar-refractivity contribution in [2.75, 3.05) is 5.73 Å². The van der Waals surface area contributed by atoms with Gasteiger partial charge in [-0.25, -0.2) is 0 Å². The largest absolute Gasteiger partial charge is 0.399 e. The third-order valence-corrected chi connectivity index (χ3v) is 3.34. The average Bonchev–Trinajstić information content (AvgIpc) is 2.92. The molecular formula is C14H11BrN4O. The number of benzene rings is 1. The highest BCUT2D eigenvalue weighted by Gasteiger charge is 2.11. The Morgan fingerprint density at radius 2 is 2.00 bits per heavy atom. The molecule has 0 saturated heterocycles. The van der Waals surface area contributed by atoms with Crippen molar-refractivity contribution in [3.63, 3.8) is 0 Å². The SMILES string of the molecule is Cc1cc(-c2nc(-c3cncc(Br)c3)no2)ccc1N. The predicted octanol–water partition coefficient (Wildman–Crippen LogP) is 3.45. The predicted molar refractivity (Wildman–Crippen MR) is 79.8 cm³/mol. The van der Waals surface area contributed by atoms with Crippen LogP contribution in [0.3, 0.4) is 0 Å². The molecule has 6 heteroatoms. The lowest BCUT2D eigenvalue weighted by molar-refractivity contribution is 0.432. The molecule has 0 saturated carbocycles. The van der Waals surface area contributed by atoms with Crippen LogP contribution in [0.2, 0.25) is 0 Å². The first-order valence-electron chi connectivity index (χ1n) is 5.94. The first-order chi connectivity index (χ1) is 9.63.